The van der Waals surface area contributed by atoms with Crippen molar-refractivity contribution in [1.29, 1.82) is 0 Å². The molecule has 23 heavy (non-hydrogen) atoms. The van der Waals surface area contributed by atoms with Crippen molar-refractivity contribution in [2.75, 3.05) is 4.90 Å². The van der Waals surface area contributed by atoms with E-state index in [4.69, 9.17) is 10.1 Å². The lowest BCUT2D eigenvalue weighted by Crippen LogP contribution is -2.33. The molecular weight excluding hydrogens is 427 g/mol. The van der Waals surface area contributed by atoms with E-state index in [-0.39, 0.29) is 18.4 Å². The summed E-state index contributed by atoms with van der Waals surface area (Å²) in [5.41, 5.74) is 0.757. The number of amides is 1. The molecule has 0 bridgehead atoms. The first-order valence-corrected chi connectivity index (χ1v) is 9.56. The number of hydrogen-bond donors (Lipinski definition) is 1. The average Bonchev–Trinajstić information content (AvgIpc) is 3.10. The molecule has 1 aromatic carbocycles. The number of rotatable bonds is 4. The highest BCUT2D eigenvalue weighted by molar-refractivity contribution is 14.1. The fourth-order valence-corrected chi connectivity index (χ4v) is 4.42. The lowest BCUT2D eigenvalue weighted by atomic mass is 10.2. The van der Waals surface area contributed by atoms with Gasteiger partial charge in [-0.05, 0) is 59.7 Å². The van der Waals surface area contributed by atoms with Crippen LogP contribution in [0.3, 0.4) is 0 Å². The van der Waals surface area contributed by atoms with Crippen LogP contribution >= 0.6 is 34.4 Å². The van der Waals surface area contributed by atoms with Gasteiger partial charge in [0, 0.05) is 3.57 Å². The molecule has 1 saturated carbocycles. The molecule has 7 heteroatoms. The number of halogens is 1. The summed E-state index contributed by atoms with van der Waals surface area (Å²) in [6, 6.07) is 7.89. The van der Waals surface area contributed by atoms with Gasteiger partial charge in [0.05, 0.1) is 18.2 Å². The molecule has 5 nitrogen and oxygen atoms in total. The Balaban J connectivity index is 1.91. The molecule has 3 rings (SSSR count). The first-order valence-electron chi connectivity index (χ1n) is 7.60. The van der Waals surface area contributed by atoms with Crippen LogP contribution in [-0.2, 0) is 9.59 Å². The summed E-state index contributed by atoms with van der Waals surface area (Å²) in [4.78, 5) is 30.0. The number of aliphatic carboxylic acids is 1. The zero-order valence-corrected chi connectivity index (χ0v) is 15.4. The number of carbonyl (C=O) groups excluding carboxylic acids is 1. The van der Waals surface area contributed by atoms with Crippen LogP contribution in [-0.4, -0.2) is 33.4 Å². The number of carbonyl (C=O) groups is 2. The number of thioether (sulfide) groups is 1. The van der Waals surface area contributed by atoms with Gasteiger partial charge in [-0.3, -0.25) is 19.5 Å². The molecule has 1 heterocycles. The van der Waals surface area contributed by atoms with Gasteiger partial charge < -0.3 is 5.11 Å². The Kier molecular flexibility index (Phi) is 5.25. The Labute approximate surface area is 152 Å². The second-order valence-corrected chi connectivity index (χ2v) is 8.12. The SMILES string of the molecule is O=C(O)CC1SC(=NC2CCCC2)N(c2ccc(I)cc2)C1=O. The minimum atomic E-state index is -0.958. The van der Waals surface area contributed by atoms with E-state index in [1.807, 2.05) is 24.3 Å². The molecule has 2 fully saturated rings. The zero-order chi connectivity index (χ0) is 16.4. The summed E-state index contributed by atoms with van der Waals surface area (Å²) < 4.78 is 1.09. The summed E-state index contributed by atoms with van der Waals surface area (Å²) in [6.45, 7) is 0. The maximum atomic E-state index is 12.7. The van der Waals surface area contributed by atoms with Crippen molar-refractivity contribution in [2.24, 2.45) is 4.99 Å². The minimum absolute atomic E-state index is 0.173. The topological polar surface area (TPSA) is 70.0 Å². The first kappa shape index (κ1) is 16.8. The summed E-state index contributed by atoms with van der Waals surface area (Å²) >= 11 is 3.50. The Morgan fingerprint density at radius 2 is 1.96 bits per heavy atom. The van der Waals surface area contributed by atoms with Gasteiger partial charge in [-0.15, -0.1) is 0 Å². The average molecular weight is 444 g/mol. The third kappa shape index (κ3) is 3.88. The van der Waals surface area contributed by atoms with Crippen molar-refractivity contribution in [2.45, 2.75) is 43.4 Å². The number of hydrogen-bond acceptors (Lipinski definition) is 4. The number of nitrogens with zero attached hydrogens (tertiary/aromatic N) is 2. The highest BCUT2D eigenvalue weighted by atomic mass is 127. The van der Waals surface area contributed by atoms with Gasteiger partial charge in [-0.1, -0.05) is 24.6 Å². The molecule has 0 aromatic heterocycles. The maximum absolute atomic E-state index is 12.7. The van der Waals surface area contributed by atoms with E-state index < -0.39 is 11.2 Å². The minimum Gasteiger partial charge on any atom is -0.481 e. The van der Waals surface area contributed by atoms with Gasteiger partial charge in [-0.2, -0.15) is 0 Å². The molecule has 1 unspecified atom stereocenters. The predicted octanol–water partition coefficient (Wildman–Crippen LogP) is 3.51. The third-order valence-electron chi connectivity index (χ3n) is 4.00. The van der Waals surface area contributed by atoms with E-state index >= 15 is 0 Å². The third-order valence-corrected chi connectivity index (χ3v) is 5.87. The Morgan fingerprint density at radius 1 is 1.30 bits per heavy atom. The number of anilines is 1. The van der Waals surface area contributed by atoms with Crippen LogP contribution in [0.25, 0.3) is 0 Å². The summed E-state index contributed by atoms with van der Waals surface area (Å²) in [7, 11) is 0. The Hall–Kier alpha value is -1.09. The van der Waals surface area contributed by atoms with Crippen LogP contribution in [0.1, 0.15) is 32.1 Å². The van der Waals surface area contributed by atoms with Crippen molar-refractivity contribution in [1.82, 2.24) is 0 Å². The number of carboxylic acids is 1. The van der Waals surface area contributed by atoms with Gasteiger partial charge in [0.15, 0.2) is 5.17 Å². The number of aliphatic imine (C=N–C) groups is 1. The lowest BCUT2D eigenvalue weighted by molar-refractivity contribution is -0.138. The summed E-state index contributed by atoms with van der Waals surface area (Å²) in [6.07, 6.45) is 4.25. The number of carboxylic acid groups (broad SMARTS) is 1. The highest BCUT2D eigenvalue weighted by Crippen LogP contribution is 2.35. The van der Waals surface area contributed by atoms with Gasteiger partial charge in [0.25, 0.3) is 0 Å². The molecule has 1 aromatic rings. The standard InChI is InChI=1S/C16H17IN2O3S/c17-10-5-7-12(8-6-10)19-15(22)13(9-14(20)21)23-16(19)18-11-3-1-2-4-11/h5-8,11,13H,1-4,9H2,(H,20,21). The quantitative estimate of drug-likeness (QED) is 0.722. The van der Waals surface area contributed by atoms with Gasteiger partial charge >= 0.3 is 5.97 Å². The second kappa shape index (κ2) is 7.21. The smallest absolute Gasteiger partial charge is 0.305 e. The molecule has 0 radical (unpaired) electrons. The van der Waals surface area contributed by atoms with E-state index in [0.29, 0.717) is 5.17 Å². The monoisotopic (exact) mass is 444 g/mol. The van der Waals surface area contributed by atoms with Gasteiger partial charge in [-0.25, -0.2) is 0 Å². The molecule has 1 aliphatic heterocycles. The molecule has 1 saturated heterocycles. The fraction of sp³-hybridized carbons (Fsp3) is 0.438. The van der Waals surface area contributed by atoms with Crippen LogP contribution in [0.5, 0.6) is 0 Å². The van der Waals surface area contributed by atoms with E-state index in [1.165, 1.54) is 24.6 Å². The fourth-order valence-electron chi connectivity index (χ4n) is 2.86. The molecule has 0 spiro atoms. The van der Waals surface area contributed by atoms with Crippen LogP contribution in [0, 0.1) is 3.57 Å². The zero-order valence-electron chi connectivity index (χ0n) is 12.4. The molecule has 1 aliphatic carbocycles. The van der Waals surface area contributed by atoms with Crippen LogP contribution < -0.4 is 4.90 Å². The molecule has 1 atom stereocenters. The molecule has 1 N–H and O–H groups in total. The largest absolute Gasteiger partial charge is 0.481 e. The van der Waals surface area contributed by atoms with Crippen molar-refractivity contribution < 1.29 is 14.7 Å². The molecular formula is C16H17IN2O3S. The number of benzene rings is 1. The first-order chi connectivity index (χ1) is 11.0. The van der Waals surface area contributed by atoms with Crippen molar-refractivity contribution in [3.8, 4) is 0 Å². The maximum Gasteiger partial charge on any atom is 0.305 e. The van der Waals surface area contributed by atoms with Gasteiger partial charge in [0.2, 0.25) is 5.91 Å². The van der Waals surface area contributed by atoms with Crippen molar-refractivity contribution in [3.05, 3.63) is 27.8 Å². The Morgan fingerprint density at radius 3 is 2.57 bits per heavy atom. The normalized spacial score (nSPS) is 23.9. The van der Waals surface area contributed by atoms with E-state index in [0.717, 1.165) is 22.1 Å². The molecule has 1 amide bonds. The van der Waals surface area contributed by atoms with Crippen molar-refractivity contribution >= 4 is 57.1 Å². The van der Waals surface area contributed by atoms with E-state index in [9.17, 15) is 9.59 Å². The highest BCUT2D eigenvalue weighted by Gasteiger charge is 2.40. The van der Waals surface area contributed by atoms with Crippen molar-refractivity contribution in [3.63, 3.8) is 0 Å². The van der Waals surface area contributed by atoms with Crippen LogP contribution in [0.15, 0.2) is 29.3 Å². The molecule has 2 aliphatic rings. The summed E-state index contributed by atoms with van der Waals surface area (Å²) in [5.74, 6) is -1.14. The Bertz CT molecular complexity index is 641. The van der Waals surface area contributed by atoms with E-state index in [2.05, 4.69) is 22.6 Å². The summed E-state index contributed by atoms with van der Waals surface area (Å²) in [5, 5.41) is 9.09. The second-order valence-electron chi connectivity index (χ2n) is 5.70. The van der Waals surface area contributed by atoms with Crippen LogP contribution in [0.4, 0.5) is 5.69 Å². The molecule has 122 valence electrons. The number of amidine groups is 1. The lowest BCUT2D eigenvalue weighted by Gasteiger charge is -2.17. The van der Waals surface area contributed by atoms with Crippen LogP contribution in [0.2, 0.25) is 0 Å². The van der Waals surface area contributed by atoms with E-state index in [1.54, 1.807) is 4.90 Å². The van der Waals surface area contributed by atoms with Gasteiger partial charge in [0.1, 0.15) is 5.25 Å². The predicted molar refractivity (Wildman–Crippen MR) is 100.0 cm³/mol.